The van der Waals surface area contributed by atoms with Crippen molar-refractivity contribution in [1.82, 2.24) is 0 Å². The molecule has 0 bridgehead atoms. The van der Waals surface area contributed by atoms with Crippen LogP contribution in [0.25, 0.3) is 0 Å². The molecule has 0 saturated heterocycles. The molecule has 0 fully saturated rings. The Kier molecular flexibility index (Phi) is 4.39. The summed E-state index contributed by atoms with van der Waals surface area (Å²) >= 11 is 6.01. The van der Waals surface area contributed by atoms with Crippen LogP contribution in [0.3, 0.4) is 0 Å². The van der Waals surface area contributed by atoms with E-state index in [1.807, 2.05) is 0 Å². The minimum atomic E-state index is -0.511. The van der Waals surface area contributed by atoms with Crippen LogP contribution in [-0.2, 0) is 0 Å². The number of carbonyl (C=O) groups excluding carboxylic acids is 1. The third kappa shape index (κ3) is 3.29. The van der Waals surface area contributed by atoms with Gasteiger partial charge in [-0.3, -0.25) is 14.9 Å². The number of hydrogen-bond donors (Lipinski definition) is 1. The van der Waals surface area contributed by atoms with Crippen molar-refractivity contribution in [2.24, 2.45) is 0 Å². The van der Waals surface area contributed by atoms with Gasteiger partial charge in [0.05, 0.1) is 17.1 Å². The van der Waals surface area contributed by atoms with Crippen molar-refractivity contribution >= 4 is 28.9 Å². The van der Waals surface area contributed by atoms with Crippen LogP contribution in [0.15, 0.2) is 42.5 Å². The maximum absolute atomic E-state index is 12.2. The van der Waals surface area contributed by atoms with Crippen molar-refractivity contribution in [3.8, 4) is 5.75 Å². The summed E-state index contributed by atoms with van der Waals surface area (Å²) in [5.41, 5.74) is 0.580. The number of non-ortho nitro benzene ring substituents is 1. The smallest absolute Gasteiger partial charge is 0.269 e. The summed E-state index contributed by atoms with van der Waals surface area (Å²) in [6, 6.07) is 10.4. The van der Waals surface area contributed by atoms with E-state index in [1.54, 1.807) is 18.2 Å². The first-order chi connectivity index (χ1) is 10.0. The summed E-state index contributed by atoms with van der Waals surface area (Å²) in [5, 5.41) is 13.4. The van der Waals surface area contributed by atoms with Crippen LogP contribution in [0.2, 0.25) is 5.02 Å². The molecule has 2 aromatic carbocycles. The highest BCUT2D eigenvalue weighted by Crippen LogP contribution is 2.27. The number of benzene rings is 2. The van der Waals surface area contributed by atoms with Gasteiger partial charge in [0.2, 0.25) is 0 Å². The summed E-state index contributed by atoms with van der Waals surface area (Å²) in [6.45, 7) is 0. The highest BCUT2D eigenvalue weighted by Gasteiger charge is 2.16. The Labute approximate surface area is 125 Å². The van der Waals surface area contributed by atoms with Crippen molar-refractivity contribution in [1.29, 1.82) is 0 Å². The SMILES string of the molecule is COc1cccc(Cl)c1C(=O)Nc1ccc([N+](=O)[O-])cc1. The fourth-order valence-corrected chi connectivity index (χ4v) is 2.01. The van der Waals surface area contributed by atoms with Crippen LogP contribution in [0.5, 0.6) is 5.75 Å². The number of amides is 1. The van der Waals surface area contributed by atoms with Crippen LogP contribution in [0, 0.1) is 10.1 Å². The molecule has 0 unspecified atom stereocenters. The lowest BCUT2D eigenvalue weighted by atomic mass is 10.1. The Balaban J connectivity index is 2.24. The van der Waals surface area contributed by atoms with Gasteiger partial charge in [0.25, 0.3) is 11.6 Å². The zero-order valence-electron chi connectivity index (χ0n) is 11.0. The van der Waals surface area contributed by atoms with Gasteiger partial charge in [-0.15, -0.1) is 0 Å². The molecular weight excluding hydrogens is 296 g/mol. The molecule has 0 aromatic heterocycles. The topological polar surface area (TPSA) is 81.5 Å². The van der Waals surface area contributed by atoms with Crippen molar-refractivity contribution in [3.05, 3.63) is 63.2 Å². The van der Waals surface area contributed by atoms with Crippen LogP contribution < -0.4 is 10.1 Å². The zero-order chi connectivity index (χ0) is 15.4. The number of anilines is 1. The van der Waals surface area contributed by atoms with Crippen LogP contribution >= 0.6 is 11.6 Å². The number of nitrogens with zero attached hydrogens (tertiary/aromatic N) is 1. The number of hydrogen-bond acceptors (Lipinski definition) is 4. The normalized spacial score (nSPS) is 10.0. The molecule has 0 atom stereocenters. The molecule has 0 aliphatic heterocycles. The number of methoxy groups -OCH3 is 1. The molecule has 2 rings (SSSR count). The summed E-state index contributed by atoms with van der Waals surface area (Å²) in [4.78, 5) is 22.3. The number of halogens is 1. The first-order valence-corrected chi connectivity index (χ1v) is 6.29. The molecule has 6 nitrogen and oxygen atoms in total. The van der Waals surface area contributed by atoms with Crippen molar-refractivity contribution in [3.63, 3.8) is 0 Å². The second-order valence-corrected chi connectivity index (χ2v) is 4.48. The molecule has 7 heteroatoms. The van der Waals surface area contributed by atoms with E-state index in [1.165, 1.54) is 31.4 Å². The number of nitro groups is 1. The molecule has 0 aliphatic carbocycles. The number of nitro benzene ring substituents is 1. The fraction of sp³-hybridized carbons (Fsp3) is 0.0714. The second kappa shape index (κ2) is 6.23. The van der Waals surface area contributed by atoms with Gasteiger partial charge >= 0.3 is 0 Å². The van der Waals surface area contributed by atoms with Gasteiger partial charge in [-0.1, -0.05) is 17.7 Å². The van der Waals surface area contributed by atoms with Crippen LogP contribution in [0.1, 0.15) is 10.4 Å². The Hall–Kier alpha value is -2.60. The van der Waals surface area contributed by atoms with E-state index >= 15 is 0 Å². The van der Waals surface area contributed by atoms with E-state index in [-0.39, 0.29) is 16.3 Å². The number of ether oxygens (including phenoxy) is 1. The van der Waals surface area contributed by atoms with E-state index in [9.17, 15) is 14.9 Å². The maximum Gasteiger partial charge on any atom is 0.269 e. The molecular formula is C14H11ClN2O4. The Bertz CT molecular complexity index is 686. The monoisotopic (exact) mass is 306 g/mol. The highest BCUT2D eigenvalue weighted by atomic mass is 35.5. The molecule has 21 heavy (non-hydrogen) atoms. The van der Waals surface area contributed by atoms with Crippen molar-refractivity contribution in [2.45, 2.75) is 0 Å². The number of carbonyl (C=O) groups is 1. The van der Waals surface area contributed by atoms with Gasteiger partial charge in [-0.2, -0.15) is 0 Å². The van der Waals surface area contributed by atoms with Crippen LogP contribution in [0.4, 0.5) is 11.4 Å². The molecule has 0 spiro atoms. The summed E-state index contributed by atoms with van der Waals surface area (Å²) in [6.07, 6.45) is 0. The third-order valence-corrected chi connectivity index (χ3v) is 3.07. The molecule has 0 saturated carbocycles. The van der Waals surface area contributed by atoms with Gasteiger partial charge in [-0.05, 0) is 24.3 Å². The predicted molar refractivity (Wildman–Crippen MR) is 79.1 cm³/mol. The van der Waals surface area contributed by atoms with Gasteiger partial charge in [-0.25, -0.2) is 0 Å². The van der Waals surface area contributed by atoms with Gasteiger partial charge < -0.3 is 10.1 Å². The molecule has 2 aromatic rings. The number of nitrogens with one attached hydrogen (secondary N) is 1. The molecule has 108 valence electrons. The summed E-state index contributed by atoms with van der Waals surface area (Å²) in [7, 11) is 1.44. The van der Waals surface area contributed by atoms with Gasteiger partial charge in [0, 0.05) is 17.8 Å². The first kappa shape index (κ1) is 14.8. The second-order valence-electron chi connectivity index (χ2n) is 4.08. The van der Waals surface area contributed by atoms with Crippen molar-refractivity contribution < 1.29 is 14.5 Å². The lowest BCUT2D eigenvalue weighted by Gasteiger charge is -2.10. The third-order valence-electron chi connectivity index (χ3n) is 2.76. The lowest BCUT2D eigenvalue weighted by molar-refractivity contribution is -0.384. The van der Waals surface area contributed by atoms with Gasteiger partial charge in [0.1, 0.15) is 11.3 Å². The average Bonchev–Trinajstić information content (AvgIpc) is 2.47. The highest BCUT2D eigenvalue weighted by molar-refractivity contribution is 6.34. The van der Waals surface area contributed by atoms with E-state index < -0.39 is 10.8 Å². The Morgan fingerprint density at radius 1 is 1.24 bits per heavy atom. The van der Waals surface area contributed by atoms with E-state index in [2.05, 4.69) is 5.32 Å². The minimum Gasteiger partial charge on any atom is -0.496 e. The minimum absolute atomic E-state index is 0.0525. The molecule has 1 amide bonds. The Morgan fingerprint density at radius 2 is 1.90 bits per heavy atom. The van der Waals surface area contributed by atoms with E-state index in [0.29, 0.717) is 11.4 Å². The number of rotatable bonds is 4. The first-order valence-electron chi connectivity index (χ1n) is 5.91. The van der Waals surface area contributed by atoms with E-state index in [0.717, 1.165) is 0 Å². The largest absolute Gasteiger partial charge is 0.496 e. The predicted octanol–water partition coefficient (Wildman–Crippen LogP) is 3.51. The van der Waals surface area contributed by atoms with Crippen LogP contribution in [-0.4, -0.2) is 17.9 Å². The maximum atomic E-state index is 12.2. The van der Waals surface area contributed by atoms with Gasteiger partial charge in [0.15, 0.2) is 0 Å². The molecule has 0 radical (unpaired) electrons. The molecule has 1 N–H and O–H groups in total. The summed E-state index contributed by atoms with van der Waals surface area (Å²) < 4.78 is 5.10. The average molecular weight is 307 g/mol. The molecule has 0 heterocycles. The standard InChI is InChI=1S/C14H11ClN2O4/c1-21-12-4-2-3-11(15)13(12)14(18)16-9-5-7-10(8-6-9)17(19)20/h2-8H,1H3,(H,16,18). The Morgan fingerprint density at radius 3 is 2.48 bits per heavy atom. The zero-order valence-corrected chi connectivity index (χ0v) is 11.8. The molecule has 0 aliphatic rings. The quantitative estimate of drug-likeness (QED) is 0.692. The van der Waals surface area contributed by atoms with Crippen molar-refractivity contribution in [2.75, 3.05) is 12.4 Å². The fourth-order valence-electron chi connectivity index (χ4n) is 1.75. The summed E-state index contributed by atoms with van der Waals surface area (Å²) in [5.74, 6) is -0.104. The lowest BCUT2D eigenvalue weighted by Crippen LogP contribution is -2.13. The van der Waals surface area contributed by atoms with E-state index in [4.69, 9.17) is 16.3 Å².